The number of carbonyl (C=O) groups is 1. The molecule has 1 heterocycles. The number of hydrogen-bond donors (Lipinski definition) is 3. The summed E-state index contributed by atoms with van der Waals surface area (Å²) in [5, 5.41) is 23.2. The number of nitrogens with zero attached hydrogens (tertiary/aromatic N) is 1. The largest absolute Gasteiger partial charge is 0.507 e. The van der Waals surface area contributed by atoms with Gasteiger partial charge in [-0.3, -0.25) is 9.36 Å². The van der Waals surface area contributed by atoms with Gasteiger partial charge in [-0.15, -0.1) is 0 Å². The maximum atomic E-state index is 13.4. The fourth-order valence-electron chi connectivity index (χ4n) is 4.14. The molecule has 0 aliphatic heterocycles. The number of nitrogens with one attached hydrogen (secondary N) is 1. The lowest BCUT2D eigenvalue weighted by Crippen LogP contribution is -2.33. The van der Waals surface area contributed by atoms with Gasteiger partial charge in [0.15, 0.2) is 0 Å². The third-order valence-electron chi connectivity index (χ3n) is 5.18. The lowest BCUT2D eigenvalue weighted by molar-refractivity contribution is 0.190. The molecule has 27 heavy (non-hydrogen) atoms. The van der Waals surface area contributed by atoms with Crippen LogP contribution in [0, 0.1) is 0 Å². The van der Waals surface area contributed by atoms with E-state index >= 15 is 0 Å². The Hall–Kier alpha value is -3.28. The Kier molecular flexibility index (Phi) is 4.11. The second-order valence-corrected chi connectivity index (χ2v) is 6.86. The molecule has 6 heteroatoms. The monoisotopic (exact) mass is 364 g/mol. The van der Waals surface area contributed by atoms with Gasteiger partial charge in [-0.25, -0.2) is 4.79 Å². The van der Waals surface area contributed by atoms with Crippen molar-refractivity contribution in [3.8, 4) is 11.4 Å². The van der Waals surface area contributed by atoms with Crippen molar-refractivity contribution < 1.29 is 15.0 Å². The minimum absolute atomic E-state index is 0.0445. The van der Waals surface area contributed by atoms with Crippen LogP contribution in [0.15, 0.2) is 47.3 Å². The summed E-state index contributed by atoms with van der Waals surface area (Å²) in [6.07, 6.45) is 1.32. The van der Waals surface area contributed by atoms with Crippen molar-refractivity contribution in [3.05, 3.63) is 69.6 Å². The smallest absolute Gasteiger partial charge is 0.405 e. The molecule has 0 saturated carbocycles. The van der Waals surface area contributed by atoms with Crippen molar-refractivity contribution >= 4 is 16.9 Å². The van der Waals surface area contributed by atoms with Crippen LogP contribution in [0.3, 0.4) is 0 Å². The van der Waals surface area contributed by atoms with Crippen LogP contribution in [0.4, 0.5) is 4.79 Å². The van der Waals surface area contributed by atoms with Gasteiger partial charge in [-0.2, -0.15) is 0 Å². The number of amides is 1. The molecule has 1 amide bonds. The zero-order chi connectivity index (χ0) is 19.1. The number of benzene rings is 2. The summed E-state index contributed by atoms with van der Waals surface area (Å²) in [5.74, 6) is -0.0445. The average Bonchev–Trinajstić information content (AvgIpc) is 2.65. The van der Waals surface area contributed by atoms with Gasteiger partial charge in [0, 0.05) is 5.69 Å². The Balaban J connectivity index is 2.17. The van der Waals surface area contributed by atoms with E-state index in [1.54, 1.807) is 25.1 Å². The van der Waals surface area contributed by atoms with E-state index in [1.165, 1.54) is 4.57 Å². The molecule has 1 aliphatic carbocycles. The fourth-order valence-corrected chi connectivity index (χ4v) is 4.14. The van der Waals surface area contributed by atoms with E-state index in [0.29, 0.717) is 16.8 Å². The zero-order valence-corrected chi connectivity index (χ0v) is 14.9. The molecular formula is C21H20N2O4. The first-order valence-electron chi connectivity index (χ1n) is 8.96. The summed E-state index contributed by atoms with van der Waals surface area (Å²) < 4.78 is 1.53. The highest BCUT2D eigenvalue weighted by Gasteiger charge is 2.27. The first-order chi connectivity index (χ1) is 13.0. The highest BCUT2D eigenvalue weighted by molar-refractivity contribution is 5.94. The van der Waals surface area contributed by atoms with Crippen molar-refractivity contribution in [2.24, 2.45) is 0 Å². The molecule has 1 atom stereocenters. The minimum Gasteiger partial charge on any atom is -0.507 e. The molecule has 3 aromatic rings. The number of aryl methyl sites for hydroxylation is 2. The quantitative estimate of drug-likeness (QED) is 0.663. The van der Waals surface area contributed by atoms with Gasteiger partial charge in [0.1, 0.15) is 5.75 Å². The summed E-state index contributed by atoms with van der Waals surface area (Å²) in [5.41, 5.74) is 2.88. The van der Waals surface area contributed by atoms with Crippen molar-refractivity contribution in [1.29, 1.82) is 0 Å². The molecule has 0 spiro atoms. The molecule has 2 aromatic carbocycles. The normalized spacial score (nSPS) is 14.1. The molecule has 0 radical (unpaired) electrons. The Morgan fingerprint density at radius 1 is 1.11 bits per heavy atom. The SMILES string of the molecule is C[C@H](NC(=O)O)c1c2c3c(ccc(O)c3c(=O)n1-c1ccccc1)CCC2. The zero-order valence-electron chi connectivity index (χ0n) is 14.9. The highest BCUT2D eigenvalue weighted by Crippen LogP contribution is 2.37. The van der Waals surface area contributed by atoms with E-state index in [-0.39, 0.29) is 11.3 Å². The minimum atomic E-state index is -1.14. The molecule has 1 aromatic heterocycles. The topological polar surface area (TPSA) is 91.6 Å². The van der Waals surface area contributed by atoms with Crippen molar-refractivity contribution in [1.82, 2.24) is 9.88 Å². The number of phenolic OH excluding ortho intramolecular Hbond substituents is 1. The fraction of sp³-hybridized carbons (Fsp3) is 0.238. The Morgan fingerprint density at radius 3 is 2.56 bits per heavy atom. The van der Waals surface area contributed by atoms with Crippen molar-refractivity contribution in [2.75, 3.05) is 0 Å². The first-order valence-corrected chi connectivity index (χ1v) is 8.96. The number of hydrogen-bond acceptors (Lipinski definition) is 3. The number of aromatic nitrogens is 1. The number of aromatic hydroxyl groups is 1. The van der Waals surface area contributed by atoms with Crippen LogP contribution in [0.5, 0.6) is 5.75 Å². The molecular weight excluding hydrogens is 344 g/mol. The van der Waals surface area contributed by atoms with Gasteiger partial charge < -0.3 is 15.5 Å². The van der Waals surface area contributed by atoms with Crippen LogP contribution in [0.2, 0.25) is 0 Å². The summed E-state index contributed by atoms with van der Waals surface area (Å²) in [7, 11) is 0. The maximum absolute atomic E-state index is 13.4. The average molecular weight is 364 g/mol. The van der Waals surface area contributed by atoms with E-state index in [1.807, 2.05) is 24.3 Å². The van der Waals surface area contributed by atoms with E-state index in [0.717, 1.165) is 35.8 Å². The summed E-state index contributed by atoms with van der Waals surface area (Å²) in [4.78, 5) is 24.7. The second-order valence-electron chi connectivity index (χ2n) is 6.86. The lowest BCUT2D eigenvalue weighted by atomic mass is 9.86. The van der Waals surface area contributed by atoms with E-state index in [4.69, 9.17) is 0 Å². The molecule has 6 nitrogen and oxygen atoms in total. The van der Waals surface area contributed by atoms with Crippen LogP contribution >= 0.6 is 0 Å². The molecule has 3 N–H and O–H groups in total. The molecule has 0 unspecified atom stereocenters. The van der Waals surface area contributed by atoms with Crippen LogP contribution in [0.25, 0.3) is 16.5 Å². The Labute approximate surface area is 155 Å². The Bertz CT molecular complexity index is 1100. The molecule has 1 aliphatic rings. The number of para-hydroxylation sites is 1. The number of rotatable bonds is 3. The second kappa shape index (κ2) is 6.46. The predicted molar refractivity (Wildman–Crippen MR) is 103 cm³/mol. The van der Waals surface area contributed by atoms with Crippen molar-refractivity contribution in [2.45, 2.75) is 32.2 Å². The third kappa shape index (κ3) is 2.73. The van der Waals surface area contributed by atoms with Gasteiger partial charge in [-0.05, 0) is 60.9 Å². The third-order valence-corrected chi connectivity index (χ3v) is 5.18. The standard InChI is InChI=1S/C21H20N2O4/c1-12(22-21(26)27)19-15-9-5-6-13-10-11-16(24)18(17(13)15)20(25)23(19)14-7-3-2-4-8-14/h2-4,7-8,10-12,22,24H,5-6,9H2,1H3,(H,26,27)/t12-/m0/s1. The summed E-state index contributed by atoms with van der Waals surface area (Å²) in [6.45, 7) is 1.74. The highest BCUT2D eigenvalue weighted by atomic mass is 16.4. The van der Waals surface area contributed by atoms with E-state index < -0.39 is 12.1 Å². The summed E-state index contributed by atoms with van der Waals surface area (Å²) >= 11 is 0. The molecule has 0 saturated heterocycles. The van der Waals surface area contributed by atoms with Crippen LogP contribution < -0.4 is 10.9 Å². The Morgan fingerprint density at radius 2 is 1.85 bits per heavy atom. The van der Waals surface area contributed by atoms with Crippen molar-refractivity contribution in [3.63, 3.8) is 0 Å². The summed E-state index contributed by atoms with van der Waals surface area (Å²) in [6, 6.07) is 12.0. The van der Waals surface area contributed by atoms with Gasteiger partial charge in [0.25, 0.3) is 5.56 Å². The first kappa shape index (κ1) is 17.1. The number of pyridine rings is 1. The molecule has 0 fully saturated rings. The molecule has 0 bridgehead atoms. The molecule has 4 rings (SSSR count). The lowest BCUT2D eigenvalue weighted by Gasteiger charge is -2.27. The van der Waals surface area contributed by atoms with Crippen LogP contribution in [0.1, 0.15) is 36.2 Å². The van der Waals surface area contributed by atoms with Gasteiger partial charge >= 0.3 is 6.09 Å². The van der Waals surface area contributed by atoms with E-state index in [2.05, 4.69) is 5.32 Å². The van der Waals surface area contributed by atoms with Gasteiger partial charge in [0.2, 0.25) is 0 Å². The number of carboxylic acid groups (broad SMARTS) is 1. The van der Waals surface area contributed by atoms with Crippen LogP contribution in [-0.4, -0.2) is 20.9 Å². The maximum Gasteiger partial charge on any atom is 0.405 e. The van der Waals surface area contributed by atoms with Crippen LogP contribution in [-0.2, 0) is 12.8 Å². The van der Waals surface area contributed by atoms with E-state index in [9.17, 15) is 19.8 Å². The molecule has 138 valence electrons. The van der Waals surface area contributed by atoms with Gasteiger partial charge in [-0.1, -0.05) is 24.3 Å². The van der Waals surface area contributed by atoms with Gasteiger partial charge in [0.05, 0.1) is 17.1 Å². The predicted octanol–water partition coefficient (Wildman–Crippen LogP) is 3.51. The number of phenols is 1.